The van der Waals surface area contributed by atoms with Gasteiger partial charge in [0.25, 0.3) is 5.91 Å². The first-order valence-corrected chi connectivity index (χ1v) is 8.53. The number of carbonyl (C=O) groups excluding carboxylic acids is 2. The Labute approximate surface area is 150 Å². The minimum atomic E-state index is -0.535. The van der Waals surface area contributed by atoms with Crippen molar-refractivity contribution in [2.24, 2.45) is 5.73 Å². The summed E-state index contributed by atoms with van der Waals surface area (Å²) in [4.78, 5) is 29.7. The third-order valence-corrected chi connectivity index (χ3v) is 4.60. The quantitative estimate of drug-likeness (QED) is 0.858. The highest BCUT2D eigenvalue weighted by atomic mass is 16.6. The maximum Gasteiger partial charge on any atom is 0.407 e. The third-order valence-electron chi connectivity index (χ3n) is 4.60. The molecule has 0 unspecified atom stereocenters. The van der Waals surface area contributed by atoms with Crippen molar-refractivity contribution in [2.75, 3.05) is 18.0 Å². The van der Waals surface area contributed by atoms with Crippen molar-refractivity contribution in [3.05, 3.63) is 30.0 Å². The van der Waals surface area contributed by atoms with Crippen LogP contribution >= 0.6 is 0 Å². The van der Waals surface area contributed by atoms with Gasteiger partial charge in [-0.15, -0.1) is 0 Å². The normalized spacial score (nSPS) is 21.7. The van der Waals surface area contributed by atoms with Gasteiger partial charge in [-0.2, -0.15) is 0 Å². The van der Waals surface area contributed by atoms with Crippen molar-refractivity contribution >= 4 is 28.6 Å². The van der Waals surface area contributed by atoms with E-state index in [0.29, 0.717) is 24.4 Å². The Balaban J connectivity index is 1.76. The van der Waals surface area contributed by atoms with E-state index in [1.165, 1.54) is 0 Å². The summed E-state index contributed by atoms with van der Waals surface area (Å²) in [6.07, 6.45) is 1.04. The van der Waals surface area contributed by atoms with Gasteiger partial charge in [-0.05, 0) is 37.4 Å². The second-order valence-corrected chi connectivity index (χ2v) is 6.83. The van der Waals surface area contributed by atoms with E-state index in [2.05, 4.69) is 15.2 Å². The fourth-order valence-corrected chi connectivity index (χ4v) is 3.51. The highest BCUT2D eigenvalue weighted by molar-refractivity contribution is 6.03. The number of fused-ring (bicyclic) bond motifs is 2. The molecule has 0 bridgehead atoms. The topological polar surface area (TPSA) is 107 Å². The van der Waals surface area contributed by atoms with Crippen molar-refractivity contribution in [2.45, 2.75) is 32.1 Å². The van der Waals surface area contributed by atoms with Crippen LogP contribution in [0.1, 0.15) is 24.2 Å². The summed E-state index contributed by atoms with van der Waals surface area (Å²) in [7, 11) is 0. The summed E-state index contributed by atoms with van der Waals surface area (Å²) in [5.74, 6) is 0.672. The molecule has 2 fully saturated rings. The Hall–Kier alpha value is -3.03. The fraction of sp³-hybridized carbons (Fsp3) is 0.389. The molecule has 136 valence electrons. The number of nitrogens with one attached hydrogen (secondary N) is 1. The Bertz CT molecular complexity index is 882. The Morgan fingerprint density at radius 3 is 2.92 bits per heavy atom. The number of hydrogen-bond donors (Lipinski definition) is 2. The monoisotopic (exact) mass is 356 g/mol. The van der Waals surface area contributed by atoms with Crippen LogP contribution in [0.4, 0.5) is 10.6 Å². The number of benzene rings is 1. The van der Waals surface area contributed by atoms with Gasteiger partial charge < -0.3 is 25.4 Å². The van der Waals surface area contributed by atoms with Crippen molar-refractivity contribution in [3.8, 4) is 5.75 Å². The third kappa shape index (κ3) is 2.77. The van der Waals surface area contributed by atoms with E-state index in [-0.39, 0.29) is 24.3 Å². The van der Waals surface area contributed by atoms with Crippen molar-refractivity contribution in [1.82, 2.24) is 10.3 Å². The largest absolute Gasteiger partial charge is 0.490 e. The zero-order chi connectivity index (χ0) is 18.4. The molecule has 26 heavy (non-hydrogen) atoms. The molecule has 3 heterocycles. The Morgan fingerprint density at radius 1 is 1.42 bits per heavy atom. The SMILES string of the molecule is CC(C)Oc1cc2c(N3C[C@@H]4NC(=O)O[C@@H]4C3)nccc2cc1C(N)=O. The molecule has 8 nitrogen and oxygen atoms in total. The first-order chi connectivity index (χ1) is 12.4. The van der Waals surface area contributed by atoms with Crippen LogP contribution < -0.4 is 20.7 Å². The van der Waals surface area contributed by atoms with E-state index in [1.54, 1.807) is 12.3 Å². The summed E-state index contributed by atoms with van der Waals surface area (Å²) in [5.41, 5.74) is 5.86. The summed E-state index contributed by atoms with van der Waals surface area (Å²) in [6, 6.07) is 5.33. The van der Waals surface area contributed by atoms with Crippen LogP contribution in [-0.4, -0.2) is 48.3 Å². The lowest BCUT2D eigenvalue weighted by Gasteiger charge is -2.21. The molecule has 0 saturated carbocycles. The number of aromatic nitrogens is 1. The van der Waals surface area contributed by atoms with Crippen LogP contribution in [0.3, 0.4) is 0 Å². The van der Waals surface area contributed by atoms with Crippen molar-refractivity contribution in [1.29, 1.82) is 0 Å². The van der Waals surface area contributed by atoms with Crippen LogP contribution in [0.5, 0.6) is 5.75 Å². The van der Waals surface area contributed by atoms with Crippen LogP contribution in [0.15, 0.2) is 24.4 Å². The first-order valence-electron chi connectivity index (χ1n) is 8.53. The van der Waals surface area contributed by atoms with Gasteiger partial charge >= 0.3 is 6.09 Å². The molecule has 0 spiro atoms. The van der Waals surface area contributed by atoms with Gasteiger partial charge in [-0.1, -0.05) is 0 Å². The summed E-state index contributed by atoms with van der Waals surface area (Å²) < 4.78 is 11.1. The lowest BCUT2D eigenvalue weighted by atomic mass is 10.1. The molecule has 2 aliphatic heterocycles. The molecule has 1 aromatic carbocycles. The number of amides is 2. The zero-order valence-corrected chi connectivity index (χ0v) is 14.6. The average molecular weight is 356 g/mol. The van der Waals surface area contributed by atoms with Crippen LogP contribution in [0, 0.1) is 0 Å². The second kappa shape index (κ2) is 6.05. The van der Waals surface area contributed by atoms with E-state index in [0.717, 1.165) is 16.6 Å². The first kappa shape index (κ1) is 16.4. The predicted octanol–water partition coefficient (Wildman–Crippen LogP) is 1.42. The van der Waals surface area contributed by atoms with Gasteiger partial charge in [0.1, 0.15) is 17.7 Å². The second-order valence-electron chi connectivity index (χ2n) is 6.83. The maximum absolute atomic E-state index is 11.8. The number of alkyl carbamates (subject to hydrolysis) is 1. The van der Waals surface area contributed by atoms with Crippen LogP contribution in [0.2, 0.25) is 0 Å². The van der Waals surface area contributed by atoms with Gasteiger partial charge in [0.2, 0.25) is 0 Å². The van der Waals surface area contributed by atoms with E-state index in [4.69, 9.17) is 15.2 Å². The lowest BCUT2D eigenvalue weighted by molar-refractivity contribution is 0.0994. The maximum atomic E-state index is 11.8. The van der Waals surface area contributed by atoms with Crippen LogP contribution in [-0.2, 0) is 4.74 Å². The van der Waals surface area contributed by atoms with Crippen molar-refractivity contribution < 1.29 is 19.1 Å². The van der Waals surface area contributed by atoms with E-state index >= 15 is 0 Å². The number of carbonyl (C=O) groups is 2. The van der Waals surface area contributed by atoms with Gasteiger partial charge in [-0.25, -0.2) is 9.78 Å². The minimum Gasteiger partial charge on any atom is -0.490 e. The number of nitrogens with two attached hydrogens (primary N) is 1. The molecule has 2 atom stereocenters. The molecule has 0 aliphatic carbocycles. The highest BCUT2D eigenvalue weighted by Gasteiger charge is 2.42. The highest BCUT2D eigenvalue weighted by Crippen LogP contribution is 2.34. The molecule has 2 amide bonds. The summed E-state index contributed by atoms with van der Waals surface area (Å²) >= 11 is 0. The van der Waals surface area contributed by atoms with E-state index in [9.17, 15) is 9.59 Å². The lowest BCUT2D eigenvalue weighted by Crippen LogP contribution is -2.32. The number of anilines is 1. The standard InChI is InChI=1S/C18H20N4O4/c1-9(2)25-14-6-11-10(5-12(14)16(19)23)3-4-20-17(11)22-7-13-15(8-22)26-18(24)21-13/h3-6,9,13,15H,7-8H2,1-2H3,(H2,19,23)(H,21,24)/t13-,15+/m0/s1. The molecule has 0 radical (unpaired) electrons. The van der Waals surface area contributed by atoms with E-state index in [1.807, 2.05) is 26.0 Å². The zero-order valence-electron chi connectivity index (χ0n) is 14.6. The van der Waals surface area contributed by atoms with E-state index < -0.39 is 5.91 Å². The van der Waals surface area contributed by atoms with Gasteiger partial charge in [0.15, 0.2) is 0 Å². The number of hydrogen-bond acceptors (Lipinski definition) is 6. The molecule has 1 aromatic heterocycles. The molecule has 2 saturated heterocycles. The number of ether oxygens (including phenoxy) is 2. The number of rotatable bonds is 4. The summed E-state index contributed by atoms with van der Waals surface area (Å²) in [6.45, 7) is 4.95. The number of primary amides is 1. The smallest absolute Gasteiger partial charge is 0.407 e. The van der Waals surface area contributed by atoms with Crippen molar-refractivity contribution in [3.63, 3.8) is 0 Å². The van der Waals surface area contributed by atoms with Gasteiger partial charge in [0.05, 0.1) is 24.3 Å². The summed E-state index contributed by atoms with van der Waals surface area (Å²) in [5, 5.41) is 4.52. The molecule has 8 heteroatoms. The Morgan fingerprint density at radius 2 is 2.23 bits per heavy atom. The number of nitrogens with zero attached hydrogens (tertiary/aromatic N) is 2. The molecule has 4 rings (SSSR count). The van der Waals surface area contributed by atoms with Gasteiger partial charge in [0, 0.05) is 18.1 Å². The van der Waals surface area contributed by atoms with Crippen LogP contribution in [0.25, 0.3) is 10.8 Å². The molecular weight excluding hydrogens is 336 g/mol. The molecule has 3 N–H and O–H groups in total. The predicted molar refractivity (Wildman–Crippen MR) is 95.4 cm³/mol. The average Bonchev–Trinajstić information content (AvgIpc) is 3.10. The molecule has 2 aliphatic rings. The molecule has 2 aromatic rings. The van der Waals surface area contributed by atoms with Gasteiger partial charge in [-0.3, -0.25) is 4.79 Å². The minimum absolute atomic E-state index is 0.0455. The molecular formula is C18H20N4O4. The fourth-order valence-electron chi connectivity index (χ4n) is 3.51. The number of pyridine rings is 1. The Kier molecular flexibility index (Phi) is 3.82.